The number of carbonyl (C=O) groups is 1. The molecular formula is C17H23IN4O3. The molecular weight excluding hydrogens is 435 g/mol. The Bertz CT molecular complexity index is 784. The molecule has 0 aliphatic carbocycles. The summed E-state index contributed by atoms with van der Waals surface area (Å²) in [4.78, 5) is 24.5. The zero-order chi connectivity index (χ0) is 18.2. The second-order valence-corrected chi connectivity index (χ2v) is 8.22. The molecule has 7 nitrogen and oxygen atoms in total. The Morgan fingerprint density at radius 3 is 2.80 bits per heavy atom. The predicted octanol–water partition coefficient (Wildman–Crippen LogP) is 3.17. The molecule has 8 heteroatoms. The van der Waals surface area contributed by atoms with Crippen LogP contribution in [0.5, 0.6) is 0 Å². The molecule has 3 rings (SSSR count). The molecule has 0 N–H and O–H groups in total. The van der Waals surface area contributed by atoms with Crippen LogP contribution in [-0.4, -0.2) is 52.5 Å². The topological polar surface area (TPSA) is 59.8 Å². The van der Waals surface area contributed by atoms with Crippen LogP contribution in [0.15, 0.2) is 18.5 Å². The maximum atomic E-state index is 12.2. The molecule has 1 aliphatic rings. The lowest BCUT2D eigenvalue weighted by molar-refractivity contribution is -0.137. The number of rotatable bonds is 1. The highest BCUT2D eigenvalue weighted by atomic mass is 127. The van der Waals surface area contributed by atoms with E-state index in [0.717, 1.165) is 16.7 Å². The van der Waals surface area contributed by atoms with Crippen LogP contribution >= 0.6 is 22.6 Å². The van der Waals surface area contributed by atoms with Gasteiger partial charge < -0.3 is 14.2 Å². The fraction of sp³-hybridized carbons (Fsp3) is 0.529. The van der Waals surface area contributed by atoms with Gasteiger partial charge in [0.15, 0.2) is 0 Å². The number of aromatic nitrogens is 2. The monoisotopic (exact) mass is 458 g/mol. The van der Waals surface area contributed by atoms with Crippen LogP contribution in [0, 0.1) is 3.57 Å². The van der Waals surface area contributed by atoms with Gasteiger partial charge in [0, 0.05) is 35.3 Å². The lowest BCUT2D eigenvalue weighted by atomic mass is 10.2. The van der Waals surface area contributed by atoms with Crippen molar-refractivity contribution in [3.63, 3.8) is 0 Å². The average Bonchev–Trinajstić information content (AvgIpc) is 2.72. The second-order valence-electron chi connectivity index (χ2n) is 7.06. The second kappa shape index (κ2) is 6.99. The minimum Gasteiger partial charge on any atom is -0.442 e. The van der Waals surface area contributed by atoms with E-state index < -0.39 is 11.7 Å². The standard InChI is InChI=1S/C17H23IN4O3/c1-17(2,3)25-16(23)22-6-5-21(7-8-24-22)12-9-13-14(18)11-20(4)15(13)19-10-12/h9-11H,5-8H2,1-4H3. The van der Waals surface area contributed by atoms with Crippen molar-refractivity contribution in [2.24, 2.45) is 7.05 Å². The first-order valence-electron chi connectivity index (χ1n) is 8.23. The number of pyridine rings is 1. The van der Waals surface area contributed by atoms with E-state index in [0.29, 0.717) is 26.2 Å². The third-order valence-electron chi connectivity index (χ3n) is 3.89. The zero-order valence-corrected chi connectivity index (χ0v) is 17.1. The van der Waals surface area contributed by atoms with Gasteiger partial charge in [-0.3, -0.25) is 4.84 Å². The van der Waals surface area contributed by atoms with Gasteiger partial charge in [-0.2, -0.15) is 5.06 Å². The van der Waals surface area contributed by atoms with Crippen molar-refractivity contribution in [2.75, 3.05) is 31.1 Å². The number of carbonyl (C=O) groups excluding carboxylic acids is 1. The molecule has 2 aromatic rings. The van der Waals surface area contributed by atoms with E-state index in [2.05, 4.69) is 44.7 Å². The minimum atomic E-state index is -0.536. The summed E-state index contributed by atoms with van der Waals surface area (Å²) in [5.74, 6) is 0. The van der Waals surface area contributed by atoms with Crippen LogP contribution in [0.3, 0.4) is 0 Å². The van der Waals surface area contributed by atoms with E-state index in [-0.39, 0.29) is 0 Å². The maximum absolute atomic E-state index is 12.2. The van der Waals surface area contributed by atoms with Gasteiger partial charge in [0.2, 0.25) is 0 Å². The van der Waals surface area contributed by atoms with Gasteiger partial charge in [-0.05, 0) is 49.4 Å². The molecule has 0 spiro atoms. The molecule has 0 unspecified atom stereocenters. The third-order valence-corrected chi connectivity index (χ3v) is 4.75. The quantitative estimate of drug-likeness (QED) is 0.615. The SMILES string of the molecule is Cn1cc(I)c2cc(N3CCON(C(=O)OC(C)(C)C)CC3)cnc21. The van der Waals surface area contributed by atoms with Gasteiger partial charge in [0.05, 0.1) is 25.0 Å². The van der Waals surface area contributed by atoms with Crippen LogP contribution in [0.1, 0.15) is 20.8 Å². The molecule has 0 aromatic carbocycles. The Morgan fingerprint density at radius 2 is 2.08 bits per heavy atom. The third kappa shape index (κ3) is 4.17. The van der Waals surface area contributed by atoms with Crippen molar-refractivity contribution >= 4 is 45.4 Å². The Morgan fingerprint density at radius 1 is 1.32 bits per heavy atom. The summed E-state index contributed by atoms with van der Waals surface area (Å²) in [7, 11) is 2.00. The number of amides is 1. The number of aryl methyl sites for hydroxylation is 1. The highest BCUT2D eigenvalue weighted by Crippen LogP contribution is 2.25. The van der Waals surface area contributed by atoms with Gasteiger partial charge in [0.25, 0.3) is 0 Å². The number of hydroxylamine groups is 2. The lowest BCUT2D eigenvalue weighted by Gasteiger charge is -2.25. The van der Waals surface area contributed by atoms with Crippen molar-refractivity contribution in [2.45, 2.75) is 26.4 Å². The van der Waals surface area contributed by atoms with Crippen LogP contribution in [0.25, 0.3) is 11.0 Å². The van der Waals surface area contributed by atoms with Gasteiger partial charge in [0.1, 0.15) is 11.2 Å². The molecule has 136 valence electrons. The summed E-state index contributed by atoms with van der Waals surface area (Å²) in [5, 5.41) is 2.44. The summed E-state index contributed by atoms with van der Waals surface area (Å²) in [6.45, 7) is 7.75. The van der Waals surface area contributed by atoms with Crippen molar-refractivity contribution in [1.82, 2.24) is 14.6 Å². The van der Waals surface area contributed by atoms with E-state index in [9.17, 15) is 4.79 Å². The molecule has 1 fully saturated rings. The summed E-state index contributed by atoms with van der Waals surface area (Å²) in [6.07, 6.45) is 3.50. The Balaban J connectivity index is 1.73. The number of hydrogen-bond donors (Lipinski definition) is 0. The highest BCUT2D eigenvalue weighted by molar-refractivity contribution is 14.1. The molecule has 2 aromatic heterocycles. The van der Waals surface area contributed by atoms with Gasteiger partial charge in [-0.15, -0.1) is 0 Å². The number of fused-ring (bicyclic) bond motifs is 1. The molecule has 1 amide bonds. The first-order valence-corrected chi connectivity index (χ1v) is 9.31. The van der Waals surface area contributed by atoms with E-state index in [1.165, 1.54) is 8.63 Å². The summed E-state index contributed by atoms with van der Waals surface area (Å²) in [5.41, 5.74) is 1.46. The molecule has 0 bridgehead atoms. The van der Waals surface area contributed by atoms with E-state index >= 15 is 0 Å². The fourth-order valence-corrected chi connectivity index (χ4v) is 3.56. The molecule has 3 heterocycles. The molecule has 25 heavy (non-hydrogen) atoms. The molecule has 0 radical (unpaired) electrons. The number of ether oxygens (including phenoxy) is 1. The van der Waals surface area contributed by atoms with E-state index in [1.54, 1.807) is 0 Å². The lowest BCUT2D eigenvalue weighted by Crippen LogP contribution is -2.38. The molecule has 0 saturated carbocycles. The number of hydrogen-bond acceptors (Lipinski definition) is 5. The first-order chi connectivity index (χ1) is 11.7. The van der Waals surface area contributed by atoms with Gasteiger partial charge in [-0.1, -0.05) is 0 Å². The normalized spacial score (nSPS) is 16.2. The Hall–Kier alpha value is -1.55. The van der Waals surface area contributed by atoms with Crippen molar-refractivity contribution in [3.8, 4) is 0 Å². The molecule has 1 aliphatic heterocycles. The van der Waals surface area contributed by atoms with Crippen LogP contribution in [0.2, 0.25) is 0 Å². The van der Waals surface area contributed by atoms with Crippen molar-refractivity contribution in [1.29, 1.82) is 0 Å². The zero-order valence-electron chi connectivity index (χ0n) is 15.0. The number of halogens is 1. The van der Waals surface area contributed by atoms with Gasteiger partial charge in [-0.25, -0.2) is 9.78 Å². The van der Waals surface area contributed by atoms with E-state index in [1.807, 2.05) is 38.6 Å². The minimum absolute atomic E-state index is 0.420. The Kier molecular flexibility index (Phi) is 5.10. The van der Waals surface area contributed by atoms with Crippen LogP contribution in [0.4, 0.5) is 10.5 Å². The summed E-state index contributed by atoms with van der Waals surface area (Å²) >= 11 is 2.32. The largest absolute Gasteiger partial charge is 0.442 e. The van der Waals surface area contributed by atoms with Crippen molar-refractivity contribution in [3.05, 3.63) is 22.0 Å². The highest BCUT2D eigenvalue weighted by Gasteiger charge is 2.26. The molecule has 1 saturated heterocycles. The van der Waals surface area contributed by atoms with Crippen LogP contribution < -0.4 is 4.90 Å². The van der Waals surface area contributed by atoms with Crippen molar-refractivity contribution < 1.29 is 14.4 Å². The summed E-state index contributed by atoms with van der Waals surface area (Å²) < 4.78 is 8.57. The van der Waals surface area contributed by atoms with E-state index in [4.69, 9.17) is 9.57 Å². The average molecular weight is 458 g/mol. The van der Waals surface area contributed by atoms with Gasteiger partial charge >= 0.3 is 6.09 Å². The Labute approximate surface area is 161 Å². The smallest absolute Gasteiger partial charge is 0.434 e. The number of nitrogens with zero attached hydrogens (tertiary/aromatic N) is 4. The fourth-order valence-electron chi connectivity index (χ4n) is 2.74. The first kappa shape index (κ1) is 18.2. The predicted molar refractivity (Wildman–Crippen MR) is 105 cm³/mol. The molecule has 0 atom stereocenters. The number of anilines is 1. The van der Waals surface area contributed by atoms with Crippen LogP contribution in [-0.2, 0) is 16.6 Å². The maximum Gasteiger partial charge on any atom is 0.434 e. The summed E-state index contributed by atoms with van der Waals surface area (Å²) in [6, 6.07) is 2.15.